The molecule has 0 aliphatic carbocycles. The van der Waals surface area contributed by atoms with Gasteiger partial charge in [-0.25, -0.2) is 0 Å². The highest BCUT2D eigenvalue weighted by Gasteiger charge is 2.41. The summed E-state index contributed by atoms with van der Waals surface area (Å²) < 4.78 is 16.4. The van der Waals surface area contributed by atoms with Crippen LogP contribution in [0.4, 0.5) is 0 Å². The molecule has 3 aliphatic rings. The van der Waals surface area contributed by atoms with E-state index in [0.29, 0.717) is 12.6 Å². The number of amides is 1. The second-order valence-corrected chi connectivity index (χ2v) is 11.5. The minimum absolute atomic E-state index is 0.101. The fourth-order valence-electron chi connectivity index (χ4n) is 6.52. The normalized spacial score (nSPS) is 21.6. The predicted octanol–water partition coefficient (Wildman–Crippen LogP) is 3.81. The van der Waals surface area contributed by atoms with E-state index in [0.717, 1.165) is 74.7 Å². The molecule has 40 heavy (non-hydrogen) atoms. The molecule has 0 bridgehead atoms. The molecule has 2 saturated heterocycles. The van der Waals surface area contributed by atoms with Gasteiger partial charge in [0.05, 0.1) is 13.2 Å². The lowest BCUT2D eigenvalue weighted by Crippen LogP contribution is -2.51. The summed E-state index contributed by atoms with van der Waals surface area (Å²) in [4.78, 5) is 18.7. The van der Waals surface area contributed by atoms with Crippen LogP contribution in [-0.4, -0.2) is 80.5 Å². The lowest BCUT2D eigenvalue weighted by atomic mass is 10.0. The molecule has 2 atom stereocenters. The molecule has 2 aromatic carbocycles. The largest absolute Gasteiger partial charge is 0.496 e. The maximum atomic E-state index is 13.6. The molecule has 3 heterocycles. The van der Waals surface area contributed by atoms with E-state index in [4.69, 9.17) is 14.2 Å². The molecule has 2 fully saturated rings. The van der Waals surface area contributed by atoms with Crippen LogP contribution in [0.3, 0.4) is 0 Å². The summed E-state index contributed by atoms with van der Waals surface area (Å²) in [5, 5.41) is 7.05. The van der Waals surface area contributed by atoms with Crippen molar-refractivity contribution in [3.8, 4) is 17.2 Å². The summed E-state index contributed by atoms with van der Waals surface area (Å²) in [6, 6.07) is 10.9. The number of fused-ring (bicyclic) bond motifs is 1. The van der Waals surface area contributed by atoms with E-state index in [9.17, 15) is 4.79 Å². The van der Waals surface area contributed by atoms with Gasteiger partial charge in [-0.3, -0.25) is 9.69 Å². The van der Waals surface area contributed by atoms with Crippen molar-refractivity contribution in [2.75, 3.05) is 46.6 Å². The first-order valence-electron chi connectivity index (χ1n) is 15.0. The number of carbonyl (C=O) groups excluding carboxylic acids is 1. The number of ether oxygens (including phenoxy) is 3. The minimum atomic E-state index is -0.101. The quantitative estimate of drug-likeness (QED) is 0.441. The fraction of sp³-hybridized carbons (Fsp3) is 0.594. The number of nitrogens with zero attached hydrogens (tertiary/aromatic N) is 2. The van der Waals surface area contributed by atoms with Crippen LogP contribution in [0.25, 0.3) is 0 Å². The van der Waals surface area contributed by atoms with Crippen molar-refractivity contribution in [2.45, 2.75) is 77.5 Å². The van der Waals surface area contributed by atoms with Crippen LogP contribution in [0, 0.1) is 13.8 Å². The zero-order chi connectivity index (χ0) is 28.1. The number of rotatable bonds is 11. The molecule has 0 aromatic heterocycles. The first-order chi connectivity index (χ1) is 19.5. The molecular weight excluding hydrogens is 504 g/mol. The number of benzene rings is 2. The molecule has 2 aromatic rings. The average molecular weight is 551 g/mol. The highest BCUT2D eigenvalue weighted by atomic mass is 16.7. The van der Waals surface area contributed by atoms with E-state index in [-0.39, 0.29) is 24.8 Å². The van der Waals surface area contributed by atoms with Gasteiger partial charge in [0.25, 0.3) is 0 Å². The van der Waals surface area contributed by atoms with Gasteiger partial charge < -0.3 is 29.7 Å². The van der Waals surface area contributed by atoms with E-state index in [1.54, 1.807) is 7.11 Å². The third kappa shape index (κ3) is 6.56. The van der Waals surface area contributed by atoms with Crippen molar-refractivity contribution in [3.63, 3.8) is 0 Å². The summed E-state index contributed by atoms with van der Waals surface area (Å²) in [7, 11) is 1.72. The lowest BCUT2D eigenvalue weighted by molar-refractivity contribution is -0.126. The average Bonchev–Trinajstić information content (AvgIpc) is 3.61. The molecule has 0 radical (unpaired) electrons. The molecule has 0 unspecified atom stereocenters. The van der Waals surface area contributed by atoms with Gasteiger partial charge in [0.15, 0.2) is 11.5 Å². The Bertz CT molecular complexity index is 1160. The summed E-state index contributed by atoms with van der Waals surface area (Å²) in [6.07, 6.45) is 5.05. The molecule has 1 amide bonds. The highest BCUT2D eigenvalue weighted by Crippen LogP contribution is 2.33. The molecule has 2 N–H and O–H groups in total. The van der Waals surface area contributed by atoms with Crippen molar-refractivity contribution < 1.29 is 19.0 Å². The van der Waals surface area contributed by atoms with Gasteiger partial charge in [-0.15, -0.1) is 0 Å². The first kappa shape index (κ1) is 28.7. The topological polar surface area (TPSA) is 75.3 Å². The molecule has 0 spiro atoms. The van der Waals surface area contributed by atoms with Crippen LogP contribution >= 0.6 is 0 Å². The molecule has 218 valence electrons. The van der Waals surface area contributed by atoms with Crippen LogP contribution in [0.5, 0.6) is 17.2 Å². The predicted molar refractivity (Wildman–Crippen MR) is 157 cm³/mol. The van der Waals surface area contributed by atoms with Gasteiger partial charge in [0.2, 0.25) is 12.7 Å². The van der Waals surface area contributed by atoms with Crippen LogP contribution in [0.2, 0.25) is 0 Å². The molecule has 8 heteroatoms. The Morgan fingerprint density at radius 2 is 1.88 bits per heavy atom. The third-order valence-electron chi connectivity index (χ3n) is 9.01. The first-order valence-corrected chi connectivity index (χ1v) is 15.0. The Labute approximate surface area is 239 Å². The third-order valence-corrected chi connectivity index (χ3v) is 9.01. The Kier molecular flexibility index (Phi) is 9.50. The van der Waals surface area contributed by atoms with Crippen molar-refractivity contribution in [3.05, 3.63) is 52.6 Å². The van der Waals surface area contributed by atoms with E-state index in [1.165, 1.54) is 29.7 Å². The Morgan fingerprint density at radius 3 is 2.65 bits per heavy atom. The van der Waals surface area contributed by atoms with Crippen molar-refractivity contribution in [1.29, 1.82) is 0 Å². The van der Waals surface area contributed by atoms with Gasteiger partial charge in [-0.1, -0.05) is 19.1 Å². The molecular formula is C32H46N4O4. The SMILES string of the molecule is CCCN1CCC(N2C[C@@H](NCc3ccc(OC)c(C)c3C)C[C@H]2C(=O)NCCc2ccc3c(c2)OCO3)CC1. The van der Waals surface area contributed by atoms with Crippen molar-refractivity contribution in [2.24, 2.45) is 0 Å². The maximum Gasteiger partial charge on any atom is 0.237 e. The summed E-state index contributed by atoms with van der Waals surface area (Å²) in [5.41, 5.74) is 4.88. The number of hydrogen-bond acceptors (Lipinski definition) is 7. The smallest absolute Gasteiger partial charge is 0.237 e. The van der Waals surface area contributed by atoms with Gasteiger partial charge in [0, 0.05) is 31.7 Å². The molecule has 5 rings (SSSR count). The number of likely N-dealkylation sites (tertiary alicyclic amines) is 2. The standard InChI is InChI=1S/C32H46N4O4/c1-5-14-35-15-11-27(12-16-35)36-20-26(34-19-25-7-9-29(38-4)23(3)22(25)2)18-28(36)32(37)33-13-10-24-6-8-30-31(17-24)40-21-39-30/h6-9,17,26-28,34H,5,10-16,18-21H2,1-4H3,(H,33,37)/t26-,28-/m0/s1. The van der Waals surface area contributed by atoms with E-state index < -0.39 is 0 Å². The van der Waals surface area contributed by atoms with E-state index in [2.05, 4.69) is 59.4 Å². The van der Waals surface area contributed by atoms with E-state index in [1.807, 2.05) is 12.1 Å². The van der Waals surface area contributed by atoms with Crippen LogP contribution < -0.4 is 24.8 Å². The van der Waals surface area contributed by atoms with Gasteiger partial charge in [-0.2, -0.15) is 0 Å². The summed E-state index contributed by atoms with van der Waals surface area (Å²) >= 11 is 0. The minimum Gasteiger partial charge on any atom is -0.496 e. The summed E-state index contributed by atoms with van der Waals surface area (Å²) in [6.45, 7) is 12.5. The van der Waals surface area contributed by atoms with Crippen molar-refractivity contribution in [1.82, 2.24) is 20.4 Å². The monoisotopic (exact) mass is 550 g/mol. The number of carbonyl (C=O) groups is 1. The highest BCUT2D eigenvalue weighted by molar-refractivity contribution is 5.82. The van der Waals surface area contributed by atoms with E-state index >= 15 is 0 Å². The lowest BCUT2D eigenvalue weighted by Gasteiger charge is -2.39. The van der Waals surface area contributed by atoms with Gasteiger partial charge in [-0.05, 0) is 106 Å². The molecule has 0 saturated carbocycles. The number of piperidine rings is 1. The zero-order valence-electron chi connectivity index (χ0n) is 24.6. The van der Waals surface area contributed by atoms with Crippen molar-refractivity contribution >= 4 is 5.91 Å². The summed E-state index contributed by atoms with van der Waals surface area (Å²) in [5.74, 6) is 2.66. The second kappa shape index (κ2) is 13.2. The maximum absolute atomic E-state index is 13.6. The fourth-order valence-corrected chi connectivity index (χ4v) is 6.52. The number of nitrogens with one attached hydrogen (secondary N) is 2. The van der Waals surface area contributed by atoms with Gasteiger partial charge >= 0.3 is 0 Å². The number of methoxy groups -OCH3 is 1. The van der Waals surface area contributed by atoms with Crippen LogP contribution in [-0.2, 0) is 17.8 Å². The molecule has 3 aliphatic heterocycles. The van der Waals surface area contributed by atoms with Gasteiger partial charge in [0.1, 0.15) is 5.75 Å². The number of hydrogen-bond donors (Lipinski definition) is 2. The van der Waals surface area contributed by atoms with Crippen LogP contribution in [0.1, 0.15) is 54.9 Å². The Balaban J connectivity index is 1.20. The molecule has 8 nitrogen and oxygen atoms in total. The van der Waals surface area contributed by atoms with Crippen LogP contribution in [0.15, 0.2) is 30.3 Å². The Hall–Kier alpha value is -2.81. The Morgan fingerprint density at radius 1 is 1.07 bits per heavy atom. The zero-order valence-corrected chi connectivity index (χ0v) is 24.6. The second-order valence-electron chi connectivity index (χ2n) is 11.5.